The lowest BCUT2D eigenvalue weighted by Crippen LogP contribution is -2.56. The summed E-state index contributed by atoms with van der Waals surface area (Å²) in [6, 6.07) is 10.1. The van der Waals surface area contributed by atoms with Crippen LogP contribution in [0.5, 0.6) is 0 Å². The van der Waals surface area contributed by atoms with Gasteiger partial charge in [0.25, 0.3) is 0 Å². The molecule has 1 heterocycles. The first-order chi connectivity index (χ1) is 10.2. The summed E-state index contributed by atoms with van der Waals surface area (Å²) in [5.41, 5.74) is 1.28. The van der Waals surface area contributed by atoms with Gasteiger partial charge in [0.05, 0.1) is 12.7 Å². The van der Waals surface area contributed by atoms with Gasteiger partial charge in [0.1, 0.15) is 6.04 Å². The Morgan fingerprint density at radius 3 is 2.90 bits per heavy atom. The van der Waals surface area contributed by atoms with Crippen LogP contribution in [0.15, 0.2) is 30.3 Å². The molecule has 21 heavy (non-hydrogen) atoms. The molecule has 5 nitrogen and oxygen atoms in total. The predicted octanol–water partition coefficient (Wildman–Crippen LogP) is 0.612. The number of rotatable bonds is 6. The van der Waals surface area contributed by atoms with Crippen molar-refractivity contribution < 1.29 is 9.53 Å². The van der Waals surface area contributed by atoms with E-state index < -0.39 is 0 Å². The highest BCUT2D eigenvalue weighted by Gasteiger charge is 2.27. The third-order valence-electron chi connectivity index (χ3n) is 3.69. The van der Waals surface area contributed by atoms with E-state index in [4.69, 9.17) is 4.74 Å². The Hall–Kier alpha value is -1.43. The van der Waals surface area contributed by atoms with Gasteiger partial charge in [0.15, 0.2) is 0 Å². The molecule has 0 bridgehead atoms. The zero-order chi connectivity index (χ0) is 15.1. The average Bonchev–Trinajstić information content (AvgIpc) is 2.48. The monoisotopic (exact) mass is 291 g/mol. The minimum atomic E-state index is -0.238. The van der Waals surface area contributed by atoms with Crippen LogP contribution in [-0.4, -0.2) is 56.2 Å². The Bertz CT molecular complexity index is 438. The molecule has 1 aromatic carbocycles. The molecule has 1 saturated heterocycles. The summed E-state index contributed by atoms with van der Waals surface area (Å²) >= 11 is 0. The highest BCUT2D eigenvalue weighted by Crippen LogP contribution is 2.04. The van der Waals surface area contributed by atoms with Gasteiger partial charge < -0.3 is 20.3 Å². The fourth-order valence-corrected chi connectivity index (χ4v) is 2.48. The van der Waals surface area contributed by atoms with Crippen molar-refractivity contribution in [2.24, 2.45) is 0 Å². The first-order valence-corrected chi connectivity index (χ1v) is 7.52. The van der Waals surface area contributed by atoms with Gasteiger partial charge in [-0.05, 0) is 19.5 Å². The van der Waals surface area contributed by atoms with E-state index in [0.29, 0.717) is 13.2 Å². The molecule has 1 aliphatic heterocycles. The van der Waals surface area contributed by atoms with E-state index in [0.717, 1.165) is 19.6 Å². The van der Waals surface area contributed by atoms with Crippen LogP contribution in [0.3, 0.4) is 0 Å². The minimum absolute atomic E-state index is 0.0234. The first kappa shape index (κ1) is 15.9. The normalized spacial score (nSPS) is 22.2. The molecule has 2 atom stereocenters. The molecule has 1 amide bonds. The summed E-state index contributed by atoms with van der Waals surface area (Å²) < 4.78 is 5.48. The number of carbonyl (C=O) groups is 1. The third-order valence-corrected chi connectivity index (χ3v) is 3.69. The number of benzene rings is 1. The molecule has 1 aliphatic rings. The van der Waals surface area contributed by atoms with Gasteiger partial charge in [-0.25, -0.2) is 0 Å². The molecule has 1 aromatic rings. The molecular formula is C16H25N3O2. The lowest BCUT2D eigenvalue weighted by molar-refractivity contribution is -0.128. The van der Waals surface area contributed by atoms with Crippen molar-refractivity contribution in [1.29, 1.82) is 0 Å². The van der Waals surface area contributed by atoms with Gasteiger partial charge in [-0.1, -0.05) is 30.3 Å². The van der Waals surface area contributed by atoms with E-state index in [-0.39, 0.29) is 18.1 Å². The zero-order valence-corrected chi connectivity index (χ0v) is 12.8. The van der Waals surface area contributed by atoms with Crippen LogP contribution in [0.2, 0.25) is 0 Å². The molecule has 2 rings (SSSR count). The summed E-state index contributed by atoms with van der Waals surface area (Å²) in [7, 11) is 2.06. The number of hydrogen-bond donors (Lipinski definition) is 2. The standard InChI is InChI=1S/C16H25N3O2/c1-13-15(17-9-11-21-13)16(20)18-8-10-19(2)12-14-6-4-3-5-7-14/h3-7,13,15,17H,8-12H2,1-2H3,(H,18,20)/t13-,15+/m1/s1. The lowest BCUT2D eigenvalue weighted by atomic mass is 10.1. The van der Waals surface area contributed by atoms with Gasteiger partial charge >= 0.3 is 0 Å². The summed E-state index contributed by atoms with van der Waals surface area (Å²) in [5, 5.41) is 6.17. The molecule has 0 spiro atoms. The van der Waals surface area contributed by atoms with Crippen molar-refractivity contribution in [3.63, 3.8) is 0 Å². The Labute approximate surface area is 126 Å². The molecule has 0 aromatic heterocycles. The number of nitrogens with one attached hydrogen (secondary N) is 2. The molecule has 0 saturated carbocycles. The summed E-state index contributed by atoms with van der Waals surface area (Å²) in [4.78, 5) is 14.3. The van der Waals surface area contributed by atoms with Crippen LogP contribution in [0.4, 0.5) is 0 Å². The number of hydrogen-bond acceptors (Lipinski definition) is 4. The highest BCUT2D eigenvalue weighted by molar-refractivity contribution is 5.82. The summed E-state index contributed by atoms with van der Waals surface area (Å²) in [5.74, 6) is 0.0234. The maximum absolute atomic E-state index is 12.1. The van der Waals surface area contributed by atoms with Crippen molar-refractivity contribution in [3.8, 4) is 0 Å². The fourth-order valence-electron chi connectivity index (χ4n) is 2.48. The van der Waals surface area contributed by atoms with Gasteiger partial charge in [-0.2, -0.15) is 0 Å². The molecule has 5 heteroatoms. The Kier molecular flexibility index (Phi) is 6.17. The van der Waals surface area contributed by atoms with Crippen molar-refractivity contribution in [2.45, 2.75) is 25.6 Å². The van der Waals surface area contributed by atoms with Crippen molar-refractivity contribution in [1.82, 2.24) is 15.5 Å². The zero-order valence-electron chi connectivity index (χ0n) is 12.8. The largest absolute Gasteiger partial charge is 0.375 e. The second-order valence-corrected chi connectivity index (χ2v) is 5.52. The number of amides is 1. The SMILES string of the molecule is C[C@H]1OCCN[C@@H]1C(=O)NCCN(C)Cc1ccccc1. The highest BCUT2D eigenvalue weighted by atomic mass is 16.5. The van der Waals surface area contributed by atoms with E-state index in [9.17, 15) is 4.79 Å². The van der Waals surface area contributed by atoms with Crippen LogP contribution in [0.25, 0.3) is 0 Å². The van der Waals surface area contributed by atoms with Gasteiger partial charge in [0, 0.05) is 26.2 Å². The second-order valence-electron chi connectivity index (χ2n) is 5.52. The fraction of sp³-hybridized carbons (Fsp3) is 0.562. The molecule has 116 valence electrons. The number of carbonyl (C=O) groups excluding carboxylic acids is 1. The number of nitrogens with zero attached hydrogens (tertiary/aromatic N) is 1. The van der Waals surface area contributed by atoms with Crippen LogP contribution in [0, 0.1) is 0 Å². The smallest absolute Gasteiger partial charge is 0.239 e. The molecule has 0 radical (unpaired) electrons. The van der Waals surface area contributed by atoms with Crippen molar-refractivity contribution >= 4 is 5.91 Å². The molecule has 1 fully saturated rings. The molecule has 2 N–H and O–H groups in total. The van der Waals surface area contributed by atoms with Gasteiger partial charge in [0.2, 0.25) is 5.91 Å². The molecule has 0 unspecified atom stereocenters. The quantitative estimate of drug-likeness (QED) is 0.806. The lowest BCUT2D eigenvalue weighted by Gasteiger charge is -2.29. The Balaban J connectivity index is 1.67. The minimum Gasteiger partial charge on any atom is -0.375 e. The van der Waals surface area contributed by atoms with Crippen LogP contribution >= 0.6 is 0 Å². The van der Waals surface area contributed by atoms with Crippen LogP contribution in [-0.2, 0) is 16.1 Å². The summed E-state index contributed by atoms with van der Waals surface area (Å²) in [6.45, 7) is 5.69. The average molecular weight is 291 g/mol. The van der Waals surface area contributed by atoms with E-state index in [1.807, 2.05) is 25.1 Å². The Morgan fingerprint density at radius 1 is 1.43 bits per heavy atom. The number of likely N-dealkylation sites (N-methyl/N-ethyl adjacent to an activating group) is 1. The van der Waals surface area contributed by atoms with Gasteiger partial charge in [-0.3, -0.25) is 4.79 Å². The Morgan fingerprint density at radius 2 is 2.19 bits per heavy atom. The van der Waals surface area contributed by atoms with Crippen LogP contribution in [0.1, 0.15) is 12.5 Å². The maximum atomic E-state index is 12.1. The maximum Gasteiger partial charge on any atom is 0.239 e. The molecular weight excluding hydrogens is 266 g/mol. The summed E-state index contributed by atoms with van der Waals surface area (Å²) in [6.07, 6.45) is -0.0687. The first-order valence-electron chi connectivity index (χ1n) is 7.52. The van der Waals surface area contributed by atoms with E-state index in [1.54, 1.807) is 0 Å². The van der Waals surface area contributed by atoms with E-state index in [1.165, 1.54) is 5.56 Å². The van der Waals surface area contributed by atoms with Gasteiger partial charge in [-0.15, -0.1) is 0 Å². The topological polar surface area (TPSA) is 53.6 Å². The van der Waals surface area contributed by atoms with Crippen molar-refractivity contribution in [3.05, 3.63) is 35.9 Å². The van der Waals surface area contributed by atoms with Crippen molar-refractivity contribution in [2.75, 3.05) is 33.3 Å². The molecule has 0 aliphatic carbocycles. The number of morpholine rings is 1. The predicted molar refractivity (Wildman–Crippen MR) is 83.0 cm³/mol. The van der Waals surface area contributed by atoms with E-state index in [2.05, 4.69) is 34.7 Å². The second kappa shape index (κ2) is 8.12. The van der Waals surface area contributed by atoms with E-state index >= 15 is 0 Å². The number of ether oxygens (including phenoxy) is 1. The van der Waals surface area contributed by atoms with Crippen LogP contribution < -0.4 is 10.6 Å². The third kappa shape index (κ3) is 5.12.